The monoisotopic (exact) mass is 233 g/mol. The molecule has 3 N–H and O–H groups in total. The number of phenolic OH excluding ortho intramolecular Hbond substituents is 1. The Kier molecular flexibility index (Phi) is 1.73. The van der Waals surface area contributed by atoms with Gasteiger partial charge in [-0.2, -0.15) is 0 Å². The molecule has 3 rings (SSSR count). The molecule has 0 amide bonds. The van der Waals surface area contributed by atoms with Gasteiger partial charge in [-0.1, -0.05) is 23.5 Å². The number of anilines is 1. The topological polar surface area (TPSA) is 76.5 Å². The molecular formula is C11H7NO3S. The summed E-state index contributed by atoms with van der Waals surface area (Å²) >= 11 is 1.00. The van der Waals surface area contributed by atoms with Gasteiger partial charge in [-0.05, 0) is 12.1 Å². The van der Waals surface area contributed by atoms with Crippen molar-refractivity contribution in [1.29, 1.82) is 0 Å². The van der Waals surface area contributed by atoms with E-state index in [0.29, 0.717) is 26.7 Å². The van der Waals surface area contributed by atoms with E-state index in [0.717, 1.165) is 11.3 Å². The van der Waals surface area contributed by atoms with Crippen molar-refractivity contribution in [3.63, 3.8) is 0 Å². The molecule has 16 heavy (non-hydrogen) atoms. The molecule has 0 aliphatic carbocycles. The van der Waals surface area contributed by atoms with Gasteiger partial charge in [0, 0.05) is 11.1 Å². The van der Waals surface area contributed by atoms with Crippen molar-refractivity contribution in [1.82, 2.24) is 0 Å². The van der Waals surface area contributed by atoms with Crippen LogP contribution in [0.25, 0.3) is 21.1 Å². The molecule has 0 bridgehead atoms. The molecule has 80 valence electrons. The van der Waals surface area contributed by atoms with E-state index in [1.165, 1.54) is 0 Å². The summed E-state index contributed by atoms with van der Waals surface area (Å²) in [4.78, 5) is 10.8. The first kappa shape index (κ1) is 9.23. The summed E-state index contributed by atoms with van der Waals surface area (Å²) in [5, 5.41) is 10.9. The highest BCUT2D eigenvalue weighted by molar-refractivity contribution is 7.16. The van der Waals surface area contributed by atoms with Crippen LogP contribution in [0.1, 0.15) is 0 Å². The zero-order chi connectivity index (χ0) is 11.3. The van der Waals surface area contributed by atoms with Gasteiger partial charge in [-0.15, -0.1) is 0 Å². The molecule has 0 saturated carbocycles. The number of rotatable bonds is 0. The Labute approximate surface area is 93.5 Å². The molecule has 0 aliphatic rings. The van der Waals surface area contributed by atoms with E-state index in [-0.39, 0.29) is 10.7 Å². The third kappa shape index (κ3) is 1.12. The highest BCUT2D eigenvalue weighted by Gasteiger charge is 2.12. The molecule has 5 heteroatoms. The quantitative estimate of drug-likeness (QED) is 0.584. The van der Waals surface area contributed by atoms with Gasteiger partial charge in [0.25, 0.3) is 0 Å². The molecular weight excluding hydrogens is 226 g/mol. The molecule has 1 heterocycles. The number of phenols is 1. The molecule has 0 atom stereocenters. The van der Waals surface area contributed by atoms with Gasteiger partial charge in [0.1, 0.15) is 5.75 Å². The predicted octanol–water partition coefficient (Wildman–Crippen LogP) is 2.30. The summed E-state index contributed by atoms with van der Waals surface area (Å²) in [5.74, 6) is 0.0887. The number of fused-ring (bicyclic) bond motifs is 3. The second kappa shape index (κ2) is 2.99. The van der Waals surface area contributed by atoms with E-state index in [9.17, 15) is 9.90 Å². The minimum Gasteiger partial charge on any atom is -0.507 e. The van der Waals surface area contributed by atoms with E-state index in [1.54, 1.807) is 24.3 Å². The van der Waals surface area contributed by atoms with E-state index in [1.807, 2.05) is 0 Å². The lowest BCUT2D eigenvalue weighted by Gasteiger charge is -2.04. The molecule has 1 aromatic heterocycles. The smallest absolute Gasteiger partial charge is 0.396 e. The molecule has 0 fully saturated rings. The number of nitrogen functional groups attached to an aromatic ring is 1. The Hall–Kier alpha value is -2.01. The average Bonchev–Trinajstić information content (AvgIpc) is 2.58. The Morgan fingerprint density at radius 1 is 1.38 bits per heavy atom. The molecule has 3 aromatic rings. The fraction of sp³-hybridized carbons (Fsp3) is 0. The number of benzene rings is 2. The van der Waals surface area contributed by atoms with Crippen molar-refractivity contribution < 1.29 is 9.52 Å². The summed E-state index contributed by atoms with van der Waals surface area (Å²) < 4.78 is 5.78. The maximum absolute atomic E-state index is 11.2. The Morgan fingerprint density at radius 2 is 2.19 bits per heavy atom. The predicted molar refractivity (Wildman–Crippen MR) is 63.9 cm³/mol. The van der Waals surface area contributed by atoms with Crippen LogP contribution < -0.4 is 10.7 Å². The Balaban J connectivity index is 2.69. The van der Waals surface area contributed by atoms with Crippen LogP contribution in [0.3, 0.4) is 0 Å². The first-order chi connectivity index (χ1) is 7.66. The normalized spacial score (nSPS) is 11.2. The number of hydrogen-bond donors (Lipinski definition) is 2. The summed E-state index contributed by atoms with van der Waals surface area (Å²) in [6.07, 6.45) is 0. The van der Waals surface area contributed by atoms with Gasteiger partial charge in [-0.3, -0.25) is 0 Å². The summed E-state index contributed by atoms with van der Waals surface area (Å²) in [7, 11) is 0. The molecule has 0 unspecified atom stereocenters. The van der Waals surface area contributed by atoms with Crippen LogP contribution in [-0.2, 0) is 0 Å². The van der Waals surface area contributed by atoms with Crippen molar-refractivity contribution in [2.45, 2.75) is 0 Å². The number of nitrogens with two attached hydrogens (primary N) is 1. The highest BCUT2D eigenvalue weighted by Crippen LogP contribution is 2.36. The van der Waals surface area contributed by atoms with E-state index in [2.05, 4.69) is 0 Å². The van der Waals surface area contributed by atoms with E-state index < -0.39 is 0 Å². The SMILES string of the molecule is Nc1cc2sc(=O)oc2c2cccc(O)c12. The van der Waals surface area contributed by atoms with Crippen molar-refractivity contribution in [2.24, 2.45) is 0 Å². The first-order valence-electron chi connectivity index (χ1n) is 4.60. The van der Waals surface area contributed by atoms with Gasteiger partial charge >= 0.3 is 4.94 Å². The Bertz CT molecular complexity index is 757. The molecule has 0 radical (unpaired) electrons. The fourth-order valence-electron chi connectivity index (χ4n) is 1.82. The van der Waals surface area contributed by atoms with Gasteiger partial charge in [-0.25, -0.2) is 4.79 Å². The van der Waals surface area contributed by atoms with Crippen LogP contribution in [0.2, 0.25) is 0 Å². The van der Waals surface area contributed by atoms with Crippen LogP contribution in [0.5, 0.6) is 5.75 Å². The summed E-state index contributed by atoms with van der Waals surface area (Å²) in [6, 6.07) is 6.65. The first-order valence-corrected chi connectivity index (χ1v) is 5.42. The van der Waals surface area contributed by atoms with Crippen LogP contribution in [0, 0.1) is 0 Å². The van der Waals surface area contributed by atoms with Crippen LogP contribution in [-0.4, -0.2) is 5.11 Å². The fourth-order valence-corrected chi connectivity index (χ4v) is 2.55. The largest absolute Gasteiger partial charge is 0.507 e. The molecule has 0 spiro atoms. The second-order valence-corrected chi connectivity index (χ2v) is 4.42. The zero-order valence-corrected chi connectivity index (χ0v) is 8.88. The van der Waals surface area contributed by atoms with Crippen LogP contribution in [0.4, 0.5) is 5.69 Å². The number of aromatic hydroxyl groups is 1. The standard InChI is InChI=1S/C11H7NO3S/c12-6-4-8-10(15-11(14)16-8)5-2-1-3-7(13)9(5)6/h1-4,13H,12H2. The van der Waals surface area contributed by atoms with Gasteiger partial charge in [0.05, 0.1) is 10.1 Å². The lowest BCUT2D eigenvalue weighted by molar-refractivity contribution is 0.482. The molecule has 0 saturated heterocycles. The lowest BCUT2D eigenvalue weighted by atomic mass is 10.1. The van der Waals surface area contributed by atoms with Crippen molar-refractivity contribution in [3.05, 3.63) is 34.0 Å². The average molecular weight is 233 g/mol. The molecule has 2 aromatic carbocycles. The van der Waals surface area contributed by atoms with Crippen LogP contribution in [0.15, 0.2) is 33.5 Å². The van der Waals surface area contributed by atoms with Crippen LogP contribution >= 0.6 is 11.3 Å². The summed E-state index contributed by atoms with van der Waals surface area (Å²) in [6.45, 7) is 0. The minimum absolute atomic E-state index is 0.0887. The minimum atomic E-state index is -0.370. The van der Waals surface area contributed by atoms with Gasteiger partial charge < -0.3 is 15.3 Å². The second-order valence-electron chi connectivity index (χ2n) is 3.45. The van der Waals surface area contributed by atoms with Crippen molar-refractivity contribution in [3.8, 4) is 5.75 Å². The van der Waals surface area contributed by atoms with E-state index >= 15 is 0 Å². The van der Waals surface area contributed by atoms with Gasteiger partial charge in [0.2, 0.25) is 0 Å². The summed E-state index contributed by atoms with van der Waals surface area (Å²) in [5.41, 5.74) is 6.76. The molecule has 0 aliphatic heterocycles. The maximum atomic E-state index is 11.2. The highest BCUT2D eigenvalue weighted by atomic mass is 32.1. The lowest BCUT2D eigenvalue weighted by Crippen LogP contribution is -1.87. The maximum Gasteiger partial charge on any atom is 0.396 e. The van der Waals surface area contributed by atoms with E-state index in [4.69, 9.17) is 10.2 Å². The van der Waals surface area contributed by atoms with Gasteiger partial charge in [0.15, 0.2) is 5.58 Å². The zero-order valence-electron chi connectivity index (χ0n) is 8.06. The third-order valence-corrected chi connectivity index (χ3v) is 3.24. The van der Waals surface area contributed by atoms with Crippen molar-refractivity contribution >= 4 is 38.1 Å². The third-order valence-electron chi connectivity index (χ3n) is 2.46. The number of hydrogen-bond acceptors (Lipinski definition) is 5. The molecule has 4 nitrogen and oxygen atoms in total. The van der Waals surface area contributed by atoms with Crippen molar-refractivity contribution in [2.75, 3.05) is 5.73 Å². The Morgan fingerprint density at radius 3 is 3.00 bits per heavy atom.